The monoisotopic (exact) mass is 242 g/mol. The van der Waals surface area contributed by atoms with E-state index in [0.717, 1.165) is 0 Å². The molecule has 0 aliphatic heterocycles. The first-order valence-corrected chi connectivity index (χ1v) is 5.25. The molecule has 17 heavy (non-hydrogen) atoms. The second kappa shape index (κ2) is 6.08. The number of carboxylic acid groups (broad SMARTS) is 1. The summed E-state index contributed by atoms with van der Waals surface area (Å²) in [6, 6.07) is 4.86. The molecule has 5 heteroatoms. The van der Waals surface area contributed by atoms with E-state index in [-0.39, 0.29) is 6.42 Å². The molecule has 0 radical (unpaired) electrons. The summed E-state index contributed by atoms with van der Waals surface area (Å²) in [6.45, 7) is 2.34. The fourth-order valence-corrected chi connectivity index (χ4v) is 1.41. The topological polar surface area (TPSA) is 55.8 Å². The van der Waals surface area contributed by atoms with Crippen molar-refractivity contribution >= 4 is 5.97 Å². The van der Waals surface area contributed by atoms with Crippen molar-refractivity contribution in [1.29, 1.82) is 0 Å². The van der Waals surface area contributed by atoms with E-state index in [2.05, 4.69) is 0 Å². The number of carboxylic acids is 1. The van der Waals surface area contributed by atoms with Crippen LogP contribution in [0.2, 0.25) is 0 Å². The predicted octanol–water partition coefficient (Wildman–Crippen LogP) is 2.06. The number of alkyl halides is 1. The molecule has 0 amide bonds. The summed E-state index contributed by atoms with van der Waals surface area (Å²) in [4.78, 5) is 10.4. The van der Waals surface area contributed by atoms with Gasteiger partial charge in [-0.05, 0) is 24.6 Å². The van der Waals surface area contributed by atoms with Gasteiger partial charge in [0.25, 0.3) is 0 Å². The molecule has 4 nitrogen and oxygen atoms in total. The highest BCUT2D eigenvalue weighted by atomic mass is 19.1. The molecule has 0 aliphatic carbocycles. The number of methoxy groups -OCH3 is 1. The molecule has 0 heterocycles. The number of rotatable bonds is 6. The summed E-state index contributed by atoms with van der Waals surface area (Å²) in [5, 5.41) is 8.48. The highest BCUT2D eigenvalue weighted by Gasteiger charge is 2.17. The molecule has 1 N–H and O–H groups in total. The Bertz CT molecular complexity index is 392. The summed E-state index contributed by atoms with van der Waals surface area (Å²) in [5.74, 6) is -0.427. The first kappa shape index (κ1) is 13.3. The minimum atomic E-state index is -1.90. The van der Waals surface area contributed by atoms with Crippen LogP contribution in [0.25, 0.3) is 0 Å². The molecule has 0 bridgehead atoms. The number of hydrogen-bond acceptors (Lipinski definition) is 3. The van der Waals surface area contributed by atoms with Gasteiger partial charge in [-0.3, -0.25) is 0 Å². The van der Waals surface area contributed by atoms with Gasteiger partial charge in [-0.2, -0.15) is 0 Å². The van der Waals surface area contributed by atoms with Gasteiger partial charge in [0.15, 0.2) is 11.5 Å². The van der Waals surface area contributed by atoms with Crippen molar-refractivity contribution in [3.8, 4) is 11.5 Å². The van der Waals surface area contributed by atoms with Crippen molar-refractivity contribution in [2.75, 3.05) is 13.7 Å². The molecule has 94 valence electrons. The number of hydrogen-bond donors (Lipinski definition) is 1. The van der Waals surface area contributed by atoms with Crippen LogP contribution >= 0.6 is 0 Å². The van der Waals surface area contributed by atoms with Crippen LogP contribution in [0, 0.1) is 0 Å². The quantitative estimate of drug-likeness (QED) is 0.829. The molecule has 1 unspecified atom stereocenters. The Morgan fingerprint density at radius 3 is 2.71 bits per heavy atom. The van der Waals surface area contributed by atoms with E-state index in [1.807, 2.05) is 6.92 Å². The van der Waals surface area contributed by atoms with E-state index in [1.165, 1.54) is 7.11 Å². The van der Waals surface area contributed by atoms with E-state index >= 15 is 0 Å². The van der Waals surface area contributed by atoms with Crippen LogP contribution in [0.1, 0.15) is 12.5 Å². The van der Waals surface area contributed by atoms with Crippen LogP contribution in [-0.2, 0) is 11.2 Å². The average Bonchev–Trinajstić information content (AvgIpc) is 2.31. The highest BCUT2D eigenvalue weighted by Crippen LogP contribution is 2.28. The Balaban J connectivity index is 2.85. The lowest BCUT2D eigenvalue weighted by Gasteiger charge is -2.11. The minimum absolute atomic E-state index is 0.182. The molecule has 0 spiro atoms. The smallest absolute Gasteiger partial charge is 0.338 e. The van der Waals surface area contributed by atoms with Gasteiger partial charge in [-0.15, -0.1) is 0 Å². The van der Waals surface area contributed by atoms with Gasteiger partial charge >= 0.3 is 5.97 Å². The van der Waals surface area contributed by atoms with Crippen LogP contribution in [-0.4, -0.2) is 31.0 Å². The Morgan fingerprint density at radius 1 is 1.47 bits per heavy atom. The van der Waals surface area contributed by atoms with Crippen LogP contribution in [0.4, 0.5) is 4.39 Å². The molecule has 1 rings (SSSR count). The van der Waals surface area contributed by atoms with Crippen molar-refractivity contribution in [3.63, 3.8) is 0 Å². The molecule has 0 fully saturated rings. The molecule has 0 saturated carbocycles. The minimum Gasteiger partial charge on any atom is -0.493 e. The van der Waals surface area contributed by atoms with Gasteiger partial charge in [0, 0.05) is 6.42 Å². The fraction of sp³-hybridized carbons (Fsp3) is 0.417. The molecule has 0 saturated heterocycles. The molecule has 1 aromatic rings. The largest absolute Gasteiger partial charge is 0.493 e. The first-order valence-electron chi connectivity index (χ1n) is 5.25. The predicted molar refractivity (Wildman–Crippen MR) is 60.4 cm³/mol. The lowest BCUT2D eigenvalue weighted by atomic mass is 10.1. The number of aliphatic carboxylic acids is 1. The Hall–Kier alpha value is -1.78. The zero-order valence-corrected chi connectivity index (χ0v) is 9.77. The van der Waals surface area contributed by atoms with Crippen molar-refractivity contribution in [2.24, 2.45) is 0 Å². The number of benzene rings is 1. The van der Waals surface area contributed by atoms with Gasteiger partial charge in [-0.1, -0.05) is 6.07 Å². The van der Waals surface area contributed by atoms with E-state index < -0.39 is 12.1 Å². The van der Waals surface area contributed by atoms with E-state index in [1.54, 1.807) is 18.2 Å². The summed E-state index contributed by atoms with van der Waals surface area (Å²) in [7, 11) is 1.48. The Morgan fingerprint density at radius 2 is 2.18 bits per heavy atom. The van der Waals surface area contributed by atoms with Gasteiger partial charge in [0.1, 0.15) is 0 Å². The first-order chi connectivity index (χ1) is 8.08. The van der Waals surface area contributed by atoms with Crippen molar-refractivity contribution in [3.05, 3.63) is 23.8 Å². The highest BCUT2D eigenvalue weighted by molar-refractivity contribution is 5.72. The molecule has 1 atom stereocenters. The van der Waals surface area contributed by atoms with Gasteiger partial charge in [0.05, 0.1) is 13.7 Å². The van der Waals surface area contributed by atoms with Crippen LogP contribution in [0.3, 0.4) is 0 Å². The lowest BCUT2D eigenvalue weighted by Crippen LogP contribution is -2.17. The summed E-state index contributed by atoms with van der Waals surface area (Å²) < 4.78 is 23.4. The Kier molecular flexibility index (Phi) is 4.75. The van der Waals surface area contributed by atoms with Crippen molar-refractivity contribution in [1.82, 2.24) is 0 Å². The van der Waals surface area contributed by atoms with Crippen molar-refractivity contribution in [2.45, 2.75) is 19.5 Å². The lowest BCUT2D eigenvalue weighted by molar-refractivity contribution is -0.142. The second-order valence-corrected chi connectivity index (χ2v) is 3.43. The SMILES string of the molecule is CCOc1ccc(CC(F)C(=O)O)cc1OC. The molecular formula is C12H15FO4. The standard InChI is InChI=1S/C12H15FO4/c1-3-17-10-5-4-8(7-11(10)16-2)6-9(13)12(14)15/h4-5,7,9H,3,6H2,1-2H3,(H,14,15). The molecule has 0 aromatic heterocycles. The fourth-order valence-electron chi connectivity index (χ4n) is 1.41. The summed E-state index contributed by atoms with van der Waals surface area (Å²) in [6.07, 6.45) is -2.09. The summed E-state index contributed by atoms with van der Waals surface area (Å²) in [5.41, 5.74) is 0.556. The zero-order valence-electron chi connectivity index (χ0n) is 9.77. The van der Waals surface area contributed by atoms with E-state index in [0.29, 0.717) is 23.7 Å². The number of carbonyl (C=O) groups is 1. The third kappa shape index (κ3) is 3.62. The molecular weight excluding hydrogens is 227 g/mol. The van der Waals surface area contributed by atoms with Crippen LogP contribution in [0.15, 0.2) is 18.2 Å². The normalized spacial score (nSPS) is 11.9. The molecule has 0 aliphatic rings. The Labute approximate surface area is 99.0 Å². The van der Waals surface area contributed by atoms with E-state index in [4.69, 9.17) is 14.6 Å². The third-order valence-electron chi connectivity index (χ3n) is 2.21. The van der Waals surface area contributed by atoms with Gasteiger partial charge in [-0.25, -0.2) is 9.18 Å². The summed E-state index contributed by atoms with van der Waals surface area (Å²) >= 11 is 0. The third-order valence-corrected chi connectivity index (χ3v) is 2.21. The maximum Gasteiger partial charge on any atom is 0.338 e. The molecule has 1 aromatic carbocycles. The second-order valence-electron chi connectivity index (χ2n) is 3.43. The van der Waals surface area contributed by atoms with Gasteiger partial charge < -0.3 is 14.6 Å². The number of ether oxygens (including phenoxy) is 2. The average molecular weight is 242 g/mol. The van der Waals surface area contributed by atoms with Crippen LogP contribution < -0.4 is 9.47 Å². The van der Waals surface area contributed by atoms with E-state index in [9.17, 15) is 9.18 Å². The maximum absolute atomic E-state index is 13.0. The zero-order chi connectivity index (χ0) is 12.8. The number of halogens is 1. The van der Waals surface area contributed by atoms with Gasteiger partial charge in [0.2, 0.25) is 6.17 Å². The van der Waals surface area contributed by atoms with Crippen LogP contribution in [0.5, 0.6) is 11.5 Å². The van der Waals surface area contributed by atoms with Crippen molar-refractivity contribution < 1.29 is 23.8 Å². The maximum atomic E-state index is 13.0.